The van der Waals surface area contributed by atoms with Gasteiger partial charge in [-0.1, -0.05) is 12.8 Å². The monoisotopic (exact) mass is 252 g/mol. The summed E-state index contributed by atoms with van der Waals surface area (Å²) in [5.41, 5.74) is 0. The molecule has 1 fully saturated rings. The maximum atomic E-state index is 12.3. The zero-order valence-electron chi connectivity index (χ0n) is 10.9. The van der Waals surface area contributed by atoms with Crippen molar-refractivity contribution >= 4 is 5.91 Å². The first kappa shape index (κ1) is 13.0. The van der Waals surface area contributed by atoms with Crippen LogP contribution < -0.4 is 0 Å². The normalized spacial score (nSPS) is 25.7. The summed E-state index contributed by atoms with van der Waals surface area (Å²) in [4.78, 5) is 17.8. The summed E-state index contributed by atoms with van der Waals surface area (Å²) in [7, 11) is 1.76. The second kappa shape index (κ2) is 5.48. The summed E-state index contributed by atoms with van der Waals surface area (Å²) < 4.78 is 1.54. The van der Waals surface area contributed by atoms with E-state index in [0.29, 0.717) is 0 Å². The first-order chi connectivity index (χ1) is 8.61. The lowest BCUT2D eigenvalue weighted by atomic mass is 9.91. The smallest absolute Gasteiger partial charge is 0.247 e. The van der Waals surface area contributed by atoms with Crippen LogP contribution in [0.25, 0.3) is 0 Å². The third-order valence-corrected chi connectivity index (χ3v) is 3.73. The van der Waals surface area contributed by atoms with Crippen LogP contribution in [-0.4, -0.2) is 49.9 Å². The number of nitrogens with zero attached hydrogens (tertiary/aromatic N) is 4. The van der Waals surface area contributed by atoms with Crippen LogP contribution in [0.2, 0.25) is 0 Å². The third kappa shape index (κ3) is 2.53. The van der Waals surface area contributed by atoms with E-state index in [0.717, 1.165) is 25.7 Å². The van der Waals surface area contributed by atoms with Gasteiger partial charge in [-0.05, 0) is 19.8 Å². The Morgan fingerprint density at radius 3 is 2.83 bits per heavy atom. The lowest BCUT2D eigenvalue weighted by Crippen LogP contribution is -2.48. The zero-order valence-corrected chi connectivity index (χ0v) is 10.9. The van der Waals surface area contributed by atoms with E-state index in [1.54, 1.807) is 18.9 Å². The number of carbonyl (C=O) groups excluding carboxylic acids is 1. The third-order valence-electron chi connectivity index (χ3n) is 3.73. The highest BCUT2D eigenvalue weighted by molar-refractivity contribution is 5.80. The fraction of sp³-hybridized carbons (Fsp3) is 0.750. The summed E-state index contributed by atoms with van der Waals surface area (Å²) >= 11 is 0. The highest BCUT2D eigenvalue weighted by Crippen LogP contribution is 2.24. The van der Waals surface area contributed by atoms with Crippen molar-refractivity contribution in [3.63, 3.8) is 0 Å². The Morgan fingerprint density at radius 2 is 2.22 bits per heavy atom. The molecule has 6 heteroatoms. The molecule has 3 unspecified atom stereocenters. The molecule has 0 saturated heterocycles. The largest absolute Gasteiger partial charge is 0.391 e. The molecule has 1 amide bonds. The summed E-state index contributed by atoms with van der Waals surface area (Å²) in [5.74, 6) is -0.0357. The lowest BCUT2D eigenvalue weighted by Gasteiger charge is -2.36. The van der Waals surface area contributed by atoms with Crippen LogP contribution >= 0.6 is 0 Å². The first-order valence-corrected chi connectivity index (χ1v) is 6.40. The van der Waals surface area contributed by atoms with Gasteiger partial charge >= 0.3 is 0 Å². The van der Waals surface area contributed by atoms with Gasteiger partial charge in [0, 0.05) is 7.05 Å². The van der Waals surface area contributed by atoms with Crippen LogP contribution in [0.15, 0.2) is 12.7 Å². The number of aliphatic hydroxyl groups is 1. The Morgan fingerprint density at radius 1 is 1.50 bits per heavy atom. The molecule has 18 heavy (non-hydrogen) atoms. The van der Waals surface area contributed by atoms with Gasteiger partial charge in [-0.3, -0.25) is 4.79 Å². The average Bonchev–Trinajstić information content (AvgIpc) is 2.90. The number of aromatic nitrogens is 3. The van der Waals surface area contributed by atoms with E-state index in [2.05, 4.69) is 10.1 Å². The molecule has 1 N–H and O–H groups in total. The Kier molecular flexibility index (Phi) is 3.96. The average molecular weight is 252 g/mol. The van der Waals surface area contributed by atoms with Crippen molar-refractivity contribution < 1.29 is 9.90 Å². The predicted octanol–water partition coefficient (Wildman–Crippen LogP) is 0.601. The summed E-state index contributed by atoms with van der Waals surface area (Å²) in [6, 6.07) is -0.455. The van der Waals surface area contributed by atoms with Crippen LogP contribution in [0.4, 0.5) is 0 Å². The maximum Gasteiger partial charge on any atom is 0.247 e. The molecule has 0 radical (unpaired) electrons. The van der Waals surface area contributed by atoms with Gasteiger partial charge in [-0.25, -0.2) is 9.67 Å². The van der Waals surface area contributed by atoms with Gasteiger partial charge in [-0.2, -0.15) is 5.10 Å². The Bertz CT molecular complexity index is 393. The zero-order chi connectivity index (χ0) is 13.1. The van der Waals surface area contributed by atoms with Gasteiger partial charge < -0.3 is 10.0 Å². The van der Waals surface area contributed by atoms with Gasteiger partial charge in [0.15, 0.2) is 0 Å². The van der Waals surface area contributed by atoms with E-state index < -0.39 is 6.10 Å². The summed E-state index contributed by atoms with van der Waals surface area (Å²) in [6.07, 6.45) is 6.30. The number of hydrogen-bond donors (Lipinski definition) is 1. The SMILES string of the molecule is CC(C(=O)N(C)C1CCCCC1O)n1cncn1. The van der Waals surface area contributed by atoms with E-state index in [9.17, 15) is 9.90 Å². The molecular formula is C12H20N4O2. The number of likely N-dealkylation sites (N-methyl/N-ethyl adjacent to an activating group) is 1. The molecule has 1 aliphatic rings. The maximum absolute atomic E-state index is 12.3. The summed E-state index contributed by atoms with van der Waals surface area (Å²) in [6.45, 7) is 1.79. The molecule has 1 saturated carbocycles. The van der Waals surface area contributed by atoms with E-state index in [4.69, 9.17) is 0 Å². The van der Waals surface area contributed by atoms with Gasteiger partial charge in [-0.15, -0.1) is 0 Å². The minimum absolute atomic E-state index is 0.0357. The number of hydrogen-bond acceptors (Lipinski definition) is 4. The van der Waals surface area contributed by atoms with Crippen molar-refractivity contribution in [2.24, 2.45) is 0 Å². The molecule has 6 nitrogen and oxygen atoms in total. The van der Waals surface area contributed by atoms with Crippen LogP contribution in [0.5, 0.6) is 0 Å². The second-order valence-corrected chi connectivity index (χ2v) is 4.92. The molecule has 100 valence electrons. The fourth-order valence-electron chi connectivity index (χ4n) is 2.53. The quantitative estimate of drug-likeness (QED) is 0.855. The van der Waals surface area contributed by atoms with Crippen LogP contribution in [-0.2, 0) is 4.79 Å². The molecule has 0 bridgehead atoms. The molecule has 0 aromatic carbocycles. The summed E-state index contributed by atoms with van der Waals surface area (Å²) in [5, 5.41) is 14.0. The molecule has 3 atom stereocenters. The lowest BCUT2D eigenvalue weighted by molar-refractivity contribution is -0.138. The molecular weight excluding hydrogens is 232 g/mol. The molecule has 2 rings (SSSR count). The Labute approximate surface area is 107 Å². The predicted molar refractivity (Wildman–Crippen MR) is 65.8 cm³/mol. The molecule has 1 aliphatic carbocycles. The van der Waals surface area contributed by atoms with Crippen molar-refractivity contribution in [1.82, 2.24) is 19.7 Å². The number of carbonyl (C=O) groups is 1. The number of aliphatic hydroxyl groups excluding tert-OH is 1. The van der Waals surface area contributed by atoms with E-state index >= 15 is 0 Å². The fourth-order valence-corrected chi connectivity index (χ4v) is 2.53. The minimum Gasteiger partial charge on any atom is -0.391 e. The molecule has 1 aromatic rings. The number of rotatable bonds is 3. The second-order valence-electron chi connectivity index (χ2n) is 4.92. The highest BCUT2D eigenvalue weighted by atomic mass is 16.3. The highest BCUT2D eigenvalue weighted by Gasteiger charge is 2.31. The minimum atomic E-state index is -0.407. The van der Waals surface area contributed by atoms with Crippen LogP contribution in [0.1, 0.15) is 38.6 Å². The molecule has 0 aliphatic heterocycles. The van der Waals surface area contributed by atoms with Gasteiger partial charge in [0.1, 0.15) is 18.7 Å². The van der Waals surface area contributed by atoms with Gasteiger partial charge in [0.2, 0.25) is 5.91 Å². The van der Waals surface area contributed by atoms with E-state index in [1.165, 1.54) is 17.3 Å². The van der Waals surface area contributed by atoms with Gasteiger partial charge in [0.25, 0.3) is 0 Å². The standard InChI is InChI=1S/C12H20N4O2/c1-9(16-8-13-7-14-16)12(18)15(2)10-5-3-4-6-11(10)17/h7-11,17H,3-6H2,1-2H3. The first-order valence-electron chi connectivity index (χ1n) is 6.40. The van der Waals surface area contributed by atoms with E-state index in [1.807, 2.05) is 0 Å². The van der Waals surface area contributed by atoms with E-state index in [-0.39, 0.29) is 18.0 Å². The van der Waals surface area contributed by atoms with Gasteiger partial charge in [0.05, 0.1) is 12.1 Å². The molecule has 0 spiro atoms. The topological polar surface area (TPSA) is 71.2 Å². The molecule has 1 heterocycles. The molecule has 1 aromatic heterocycles. The van der Waals surface area contributed by atoms with Crippen molar-refractivity contribution in [3.05, 3.63) is 12.7 Å². The van der Waals surface area contributed by atoms with Crippen LogP contribution in [0.3, 0.4) is 0 Å². The van der Waals surface area contributed by atoms with Crippen molar-refractivity contribution in [1.29, 1.82) is 0 Å². The Balaban J connectivity index is 2.03. The van der Waals surface area contributed by atoms with Crippen molar-refractivity contribution in [2.45, 2.75) is 50.8 Å². The van der Waals surface area contributed by atoms with Crippen LogP contribution in [0, 0.1) is 0 Å². The van der Waals surface area contributed by atoms with Crippen molar-refractivity contribution in [3.8, 4) is 0 Å². The van der Waals surface area contributed by atoms with Crippen molar-refractivity contribution in [2.75, 3.05) is 7.05 Å². The Hall–Kier alpha value is -1.43. The number of amides is 1.